The van der Waals surface area contributed by atoms with Crippen LogP contribution in [0, 0.1) is 5.92 Å². The zero-order valence-corrected chi connectivity index (χ0v) is 19.1. The molecule has 0 spiro atoms. The molecule has 1 aliphatic rings. The molecule has 7 heteroatoms. The standard InChI is InChI=1S/C24H28N6S/c1-28(2)15-21-26-23(30-10-9-17(14-30)11-18-12-25-29(3)13-18)22-20(16-31-24(22)27-21)19-7-5-4-6-8-19/h4-8,12-13,16-17H,9-11,14-15H2,1-3H3. The summed E-state index contributed by atoms with van der Waals surface area (Å²) in [4.78, 5) is 15.7. The first-order chi connectivity index (χ1) is 15.1. The van der Waals surface area contributed by atoms with Crippen molar-refractivity contribution < 1.29 is 0 Å². The third-order valence-electron chi connectivity index (χ3n) is 5.87. The normalized spacial score (nSPS) is 16.6. The fourth-order valence-corrected chi connectivity index (χ4v) is 5.44. The maximum absolute atomic E-state index is 5.09. The summed E-state index contributed by atoms with van der Waals surface area (Å²) in [6.45, 7) is 2.80. The second-order valence-corrected chi connectivity index (χ2v) is 9.58. The lowest BCUT2D eigenvalue weighted by molar-refractivity contribution is 0.391. The fourth-order valence-electron chi connectivity index (χ4n) is 4.48. The summed E-state index contributed by atoms with van der Waals surface area (Å²) in [5.41, 5.74) is 3.78. The highest BCUT2D eigenvalue weighted by Gasteiger charge is 2.27. The monoisotopic (exact) mass is 432 g/mol. The summed E-state index contributed by atoms with van der Waals surface area (Å²) in [6.07, 6.45) is 6.37. The van der Waals surface area contributed by atoms with Crippen LogP contribution in [-0.2, 0) is 20.0 Å². The molecule has 3 aromatic heterocycles. The molecule has 0 bridgehead atoms. The average molecular weight is 433 g/mol. The van der Waals surface area contributed by atoms with Gasteiger partial charge in [-0.05, 0) is 44.0 Å². The predicted molar refractivity (Wildman–Crippen MR) is 127 cm³/mol. The van der Waals surface area contributed by atoms with Gasteiger partial charge >= 0.3 is 0 Å². The SMILES string of the molecule is CN(C)Cc1nc(N2CCC(Cc3cnn(C)c3)C2)c2c(-c3ccccc3)csc2n1. The number of aromatic nitrogens is 4. The van der Waals surface area contributed by atoms with Crippen LogP contribution in [0.15, 0.2) is 48.1 Å². The Hall–Kier alpha value is -2.77. The summed E-state index contributed by atoms with van der Waals surface area (Å²) in [6, 6.07) is 10.6. The van der Waals surface area contributed by atoms with Crippen molar-refractivity contribution in [1.82, 2.24) is 24.6 Å². The Balaban J connectivity index is 1.52. The van der Waals surface area contributed by atoms with E-state index in [0.29, 0.717) is 5.92 Å². The molecule has 31 heavy (non-hydrogen) atoms. The van der Waals surface area contributed by atoms with Crippen LogP contribution in [0.1, 0.15) is 17.8 Å². The van der Waals surface area contributed by atoms with Gasteiger partial charge in [-0.2, -0.15) is 5.10 Å². The van der Waals surface area contributed by atoms with Gasteiger partial charge in [-0.1, -0.05) is 30.3 Å². The van der Waals surface area contributed by atoms with Crippen LogP contribution in [0.2, 0.25) is 0 Å². The maximum Gasteiger partial charge on any atom is 0.146 e. The van der Waals surface area contributed by atoms with Gasteiger partial charge in [0.25, 0.3) is 0 Å². The largest absolute Gasteiger partial charge is 0.356 e. The average Bonchev–Trinajstić information content (AvgIpc) is 3.48. The van der Waals surface area contributed by atoms with Crippen LogP contribution in [-0.4, -0.2) is 51.8 Å². The van der Waals surface area contributed by atoms with Crippen molar-refractivity contribution >= 4 is 27.4 Å². The first-order valence-corrected chi connectivity index (χ1v) is 11.7. The van der Waals surface area contributed by atoms with Crippen molar-refractivity contribution in [1.29, 1.82) is 0 Å². The molecule has 1 unspecified atom stereocenters. The number of fused-ring (bicyclic) bond motifs is 1. The van der Waals surface area contributed by atoms with E-state index in [4.69, 9.17) is 9.97 Å². The Morgan fingerprint density at radius 1 is 1.16 bits per heavy atom. The molecule has 0 N–H and O–H groups in total. The number of thiophene rings is 1. The first-order valence-electron chi connectivity index (χ1n) is 10.8. The van der Waals surface area contributed by atoms with Crippen molar-refractivity contribution in [3.8, 4) is 11.1 Å². The van der Waals surface area contributed by atoms with E-state index in [9.17, 15) is 0 Å². The van der Waals surface area contributed by atoms with E-state index in [1.807, 2.05) is 17.9 Å². The molecule has 5 rings (SSSR count). The summed E-state index contributed by atoms with van der Waals surface area (Å²) in [7, 11) is 6.11. The molecule has 0 saturated carbocycles. The smallest absolute Gasteiger partial charge is 0.146 e. The Morgan fingerprint density at radius 3 is 2.74 bits per heavy atom. The third kappa shape index (κ3) is 4.20. The van der Waals surface area contributed by atoms with Gasteiger partial charge in [0.15, 0.2) is 0 Å². The number of anilines is 1. The van der Waals surface area contributed by atoms with E-state index in [2.05, 4.69) is 70.9 Å². The van der Waals surface area contributed by atoms with Crippen molar-refractivity contribution in [2.75, 3.05) is 32.1 Å². The zero-order valence-electron chi connectivity index (χ0n) is 18.3. The van der Waals surface area contributed by atoms with Crippen LogP contribution in [0.5, 0.6) is 0 Å². The number of hydrogen-bond acceptors (Lipinski definition) is 6. The Morgan fingerprint density at radius 2 is 2.00 bits per heavy atom. The number of rotatable bonds is 6. The lowest BCUT2D eigenvalue weighted by atomic mass is 10.0. The highest BCUT2D eigenvalue weighted by Crippen LogP contribution is 2.40. The molecule has 0 aliphatic carbocycles. The Kier molecular flexibility index (Phi) is 5.46. The maximum atomic E-state index is 5.09. The van der Waals surface area contributed by atoms with Gasteiger partial charge in [-0.25, -0.2) is 9.97 Å². The first kappa shape index (κ1) is 20.2. The van der Waals surface area contributed by atoms with Crippen LogP contribution < -0.4 is 4.90 Å². The molecular weight excluding hydrogens is 404 g/mol. The van der Waals surface area contributed by atoms with Crippen molar-refractivity contribution in [3.63, 3.8) is 0 Å². The summed E-state index contributed by atoms with van der Waals surface area (Å²) in [5.74, 6) is 2.60. The van der Waals surface area contributed by atoms with Crippen molar-refractivity contribution in [2.45, 2.75) is 19.4 Å². The molecule has 1 aliphatic heterocycles. The zero-order chi connectivity index (χ0) is 21.4. The predicted octanol–water partition coefficient (Wildman–Crippen LogP) is 4.22. The Labute approximate surface area is 187 Å². The minimum atomic E-state index is 0.616. The summed E-state index contributed by atoms with van der Waals surface area (Å²) in [5, 5.41) is 7.77. The minimum Gasteiger partial charge on any atom is -0.356 e. The highest BCUT2D eigenvalue weighted by atomic mass is 32.1. The third-order valence-corrected chi connectivity index (χ3v) is 6.74. The molecule has 4 aromatic rings. The second kappa shape index (κ2) is 8.40. The molecule has 1 aromatic carbocycles. The molecule has 1 saturated heterocycles. The van der Waals surface area contributed by atoms with Gasteiger partial charge < -0.3 is 9.80 Å². The molecular formula is C24H28N6S. The molecule has 0 amide bonds. The lowest BCUT2D eigenvalue weighted by Gasteiger charge is -2.21. The second-order valence-electron chi connectivity index (χ2n) is 8.72. The Bertz CT molecular complexity index is 1180. The topological polar surface area (TPSA) is 50.1 Å². The van der Waals surface area contributed by atoms with E-state index >= 15 is 0 Å². The summed E-state index contributed by atoms with van der Waals surface area (Å²) < 4.78 is 1.89. The number of nitrogens with zero attached hydrogens (tertiary/aromatic N) is 6. The molecule has 160 valence electrons. The van der Waals surface area contributed by atoms with E-state index in [1.165, 1.54) is 28.5 Å². The van der Waals surface area contributed by atoms with Gasteiger partial charge in [-0.3, -0.25) is 4.68 Å². The van der Waals surface area contributed by atoms with E-state index in [-0.39, 0.29) is 0 Å². The number of benzene rings is 1. The van der Waals surface area contributed by atoms with E-state index < -0.39 is 0 Å². The van der Waals surface area contributed by atoms with Crippen LogP contribution in [0.3, 0.4) is 0 Å². The fraction of sp³-hybridized carbons (Fsp3) is 0.375. The molecule has 0 radical (unpaired) electrons. The molecule has 4 heterocycles. The number of aryl methyl sites for hydroxylation is 1. The number of hydrogen-bond donors (Lipinski definition) is 0. The van der Waals surface area contributed by atoms with Crippen molar-refractivity contribution in [2.24, 2.45) is 13.0 Å². The lowest BCUT2D eigenvalue weighted by Crippen LogP contribution is -2.23. The van der Waals surface area contributed by atoms with Gasteiger partial charge in [0, 0.05) is 37.3 Å². The van der Waals surface area contributed by atoms with Crippen molar-refractivity contribution in [3.05, 3.63) is 59.5 Å². The van der Waals surface area contributed by atoms with Gasteiger partial charge in [0.2, 0.25) is 0 Å². The highest BCUT2D eigenvalue weighted by molar-refractivity contribution is 7.17. The van der Waals surface area contributed by atoms with Crippen LogP contribution in [0.4, 0.5) is 5.82 Å². The molecule has 1 fully saturated rings. The van der Waals surface area contributed by atoms with Gasteiger partial charge in [0.05, 0.1) is 18.1 Å². The van der Waals surface area contributed by atoms with Gasteiger partial charge in [-0.15, -0.1) is 11.3 Å². The minimum absolute atomic E-state index is 0.616. The quantitative estimate of drug-likeness (QED) is 0.457. The molecule has 6 nitrogen and oxygen atoms in total. The van der Waals surface area contributed by atoms with Crippen LogP contribution in [0.25, 0.3) is 21.3 Å². The van der Waals surface area contributed by atoms with Crippen LogP contribution >= 0.6 is 11.3 Å². The summed E-state index contributed by atoms with van der Waals surface area (Å²) >= 11 is 1.72. The van der Waals surface area contributed by atoms with Gasteiger partial charge in [0.1, 0.15) is 16.5 Å². The van der Waals surface area contributed by atoms with E-state index in [0.717, 1.165) is 42.5 Å². The van der Waals surface area contributed by atoms with E-state index in [1.54, 1.807) is 11.3 Å². The molecule has 1 atom stereocenters.